The molecular formula is C12H24P. The molecule has 13 heavy (non-hydrogen) atoms. The molecule has 1 heteroatoms. The first kappa shape index (κ1) is 13.2. The standard InChI is InChI=1S/C12H24P/c1-3-5-7-8-9-10-12-13-11-6-4-2/h6,11H,3-5,7-10,12H2,1-2H3. The number of hydrogen-bond acceptors (Lipinski definition) is 0. The Bertz CT molecular complexity index is 108. The first-order valence-electron chi connectivity index (χ1n) is 5.73. The third-order valence-corrected chi connectivity index (χ3v) is 3.08. The number of allylic oxidation sites excluding steroid dienone is 1. The molecule has 0 nitrogen and oxygen atoms in total. The fourth-order valence-corrected chi connectivity index (χ4v) is 2.15. The second-order valence-electron chi connectivity index (χ2n) is 3.47. The molecule has 0 saturated carbocycles. The van der Waals surface area contributed by atoms with E-state index in [2.05, 4.69) is 25.7 Å². The fourth-order valence-electron chi connectivity index (χ4n) is 1.24. The van der Waals surface area contributed by atoms with Gasteiger partial charge >= 0.3 is 0 Å². The first-order chi connectivity index (χ1) is 6.41. The molecule has 0 fully saturated rings. The van der Waals surface area contributed by atoms with Crippen molar-refractivity contribution in [3.8, 4) is 0 Å². The molecule has 0 N–H and O–H groups in total. The Labute approximate surface area is 86.0 Å². The van der Waals surface area contributed by atoms with Gasteiger partial charge in [0.05, 0.1) is 0 Å². The molecule has 0 unspecified atom stereocenters. The van der Waals surface area contributed by atoms with Gasteiger partial charge in [0.15, 0.2) is 0 Å². The Balaban J connectivity index is 2.87. The van der Waals surface area contributed by atoms with Gasteiger partial charge in [0, 0.05) is 0 Å². The summed E-state index contributed by atoms with van der Waals surface area (Å²) < 4.78 is 0. The maximum absolute atomic E-state index is 2.30. The molecule has 0 aromatic heterocycles. The van der Waals surface area contributed by atoms with Crippen LogP contribution in [0.25, 0.3) is 0 Å². The van der Waals surface area contributed by atoms with Gasteiger partial charge in [0.1, 0.15) is 0 Å². The highest BCUT2D eigenvalue weighted by molar-refractivity contribution is 7.41. The highest BCUT2D eigenvalue weighted by atomic mass is 31.1. The maximum Gasteiger partial charge on any atom is -0.0250 e. The smallest absolute Gasteiger partial charge is 0.0250 e. The summed E-state index contributed by atoms with van der Waals surface area (Å²) in [5.41, 5.74) is 0. The van der Waals surface area contributed by atoms with E-state index in [1.165, 1.54) is 59.7 Å². The molecule has 0 saturated heterocycles. The molecular weight excluding hydrogens is 175 g/mol. The Kier molecular flexibility index (Phi) is 12.3. The minimum atomic E-state index is 1.18. The van der Waals surface area contributed by atoms with Crippen molar-refractivity contribution in [2.75, 3.05) is 6.16 Å². The minimum absolute atomic E-state index is 1.18. The van der Waals surface area contributed by atoms with E-state index in [1.807, 2.05) is 0 Å². The first-order valence-corrected chi connectivity index (χ1v) is 6.88. The summed E-state index contributed by atoms with van der Waals surface area (Å²) in [4.78, 5) is 0. The van der Waals surface area contributed by atoms with Gasteiger partial charge in [-0.25, -0.2) is 0 Å². The molecule has 1 radical (unpaired) electrons. The van der Waals surface area contributed by atoms with Crippen molar-refractivity contribution in [2.24, 2.45) is 0 Å². The van der Waals surface area contributed by atoms with Crippen molar-refractivity contribution in [1.82, 2.24) is 0 Å². The lowest BCUT2D eigenvalue weighted by atomic mass is 10.1. The molecule has 0 aliphatic carbocycles. The van der Waals surface area contributed by atoms with Crippen LogP contribution in [0.15, 0.2) is 11.9 Å². The van der Waals surface area contributed by atoms with Crippen LogP contribution >= 0.6 is 8.58 Å². The van der Waals surface area contributed by atoms with E-state index >= 15 is 0 Å². The number of unbranched alkanes of at least 4 members (excludes halogenated alkanes) is 5. The Hall–Kier alpha value is 0.170. The average Bonchev–Trinajstić information content (AvgIpc) is 2.16. The van der Waals surface area contributed by atoms with Gasteiger partial charge in [0.25, 0.3) is 0 Å². The van der Waals surface area contributed by atoms with Gasteiger partial charge in [-0.15, -0.1) is 0 Å². The topological polar surface area (TPSA) is 0 Å². The lowest BCUT2D eigenvalue weighted by Crippen LogP contribution is -1.79. The quantitative estimate of drug-likeness (QED) is 0.353. The molecule has 77 valence electrons. The van der Waals surface area contributed by atoms with Crippen LogP contribution in [-0.2, 0) is 0 Å². The minimum Gasteiger partial charge on any atom is -0.0840 e. The van der Waals surface area contributed by atoms with E-state index in [0.717, 1.165) is 0 Å². The molecule has 0 aliphatic heterocycles. The lowest BCUT2D eigenvalue weighted by molar-refractivity contribution is 0.626. The number of hydrogen-bond donors (Lipinski definition) is 0. The van der Waals surface area contributed by atoms with Crippen LogP contribution in [0, 0.1) is 0 Å². The van der Waals surface area contributed by atoms with Crippen molar-refractivity contribution in [3.63, 3.8) is 0 Å². The summed E-state index contributed by atoms with van der Waals surface area (Å²) in [7, 11) is 1.52. The lowest BCUT2D eigenvalue weighted by Gasteiger charge is -1.98. The third-order valence-electron chi connectivity index (χ3n) is 2.09. The van der Waals surface area contributed by atoms with Crippen molar-refractivity contribution in [2.45, 2.75) is 58.8 Å². The molecule has 0 aromatic carbocycles. The SMILES string of the molecule is CCC=C[P]CCCCCCCC. The van der Waals surface area contributed by atoms with Gasteiger partial charge in [-0.1, -0.05) is 66.4 Å². The Morgan fingerprint density at radius 2 is 1.62 bits per heavy atom. The molecule has 0 aliphatic rings. The fraction of sp³-hybridized carbons (Fsp3) is 0.833. The molecule has 0 bridgehead atoms. The van der Waals surface area contributed by atoms with Gasteiger partial charge in [0.2, 0.25) is 0 Å². The molecule has 0 heterocycles. The molecule has 0 rings (SSSR count). The second-order valence-corrected chi connectivity index (χ2v) is 4.58. The highest BCUT2D eigenvalue weighted by Gasteiger charge is 1.89. The highest BCUT2D eigenvalue weighted by Crippen LogP contribution is 2.16. The van der Waals surface area contributed by atoms with Crippen LogP contribution in [0.2, 0.25) is 0 Å². The summed E-state index contributed by atoms with van der Waals surface area (Å²) in [5.74, 6) is 2.30. The van der Waals surface area contributed by atoms with Gasteiger partial charge < -0.3 is 0 Å². The summed E-state index contributed by atoms with van der Waals surface area (Å²) >= 11 is 0. The summed E-state index contributed by atoms with van der Waals surface area (Å²) in [6.07, 6.45) is 13.3. The predicted molar refractivity (Wildman–Crippen MR) is 64.6 cm³/mol. The van der Waals surface area contributed by atoms with Gasteiger partial charge in [-0.2, -0.15) is 0 Å². The van der Waals surface area contributed by atoms with Crippen LogP contribution in [0.1, 0.15) is 58.8 Å². The van der Waals surface area contributed by atoms with E-state index in [4.69, 9.17) is 0 Å². The summed E-state index contributed by atoms with van der Waals surface area (Å²) in [6.45, 7) is 4.46. The zero-order valence-corrected chi connectivity index (χ0v) is 10.2. The zero-order valence-electron chi connectivity index (χ0n) is 9.26. The van der Waals surface area contributed by atoms with Crippen LogP contribution in [0.5, 0.6) is 0 Å². The monoisotopic (exact) mass is 199 g/mol. The third kappa shape index (κ3) is 12.2. The van der Waals surface area contributed by atoms with Gasteiger partial charge in [-0.05, 0) is 19.0 Å². The summed E-state index contributed by atoms with van der Waals surface area (Å²) in [6, 6.07) is 0. The second kappa shape index (κ2) is 12.2. The van der Waals surface area contributed by atoms with E-state index in [9.17, 15) is 0 Å². The van der Waals surface area contributed by atoms with Crippen molar-refractivity contribution in [3.05, 3.63) is 11.9 Å². The summed E-state index contributed by atoms with van der Waals surface area (Å²) in [5, 5.41) is 0. The van der Waals surface area contributed by atoms with Crippen LogP contribution < -0.4 is 0 Å². The van der Waals surface area contributed by atoms with Crippen LogP contribution in [0.3, 0.4) is 0 Å². The molecule has 0 atom stereocenters. The largest absolute Gasteiger partial charge is 0.0840 e. The zero-order chi connectivity index (χ0) is 9.78. The van der Waals surface area contributed by atoms with Crippen LogP contribution in [0.4, 0.5) is 0 Å². The van der Waals surface area contributed by atoms with Crippen molar-refractivity contribution < 1.29 is 0 Å². The number of rotatable bonds is 9. The van der Waals surface area contributed by atoms with Crippen molar-refractivity contribution in [1.29, 1.82) is 0 Å². The van der Waals surface area contributed by atoms with E-state index in [1.54, 1.807) is 0 Å². The molecule has 0 amide bonds. The predicted octanol–water partition coefficient (Wildman–Crippen LogP) is 5.22. The molecule has 0 aromatic rings. The Morgan fingerprint density at radius 1 is 0.923 bits per heavy atom. The van der Waals surface area contributed by atoms with Crippen LogP contribution in [-0.4, -0.2) is 6.16 Å². The maximum atomic E-state index is 2.30. The normalized spacial score (nSPS) is 12.2. The Morgan fingerprint density at radius 3 is 2.31 bits per heavy atom. The van der Waals surface area contributed by atoms with Gasteiger partial charge in [-0.3, -0.25) is 0 Å². The van der Waals surface area contributed by atoms with Crippen molar-refractivity contribution >= 4 is 8.58 Å². The molecule has 0 spiro atoms. The van der Waals surface area contributed by atoms with E-state index in [0.29, 0.717) is 0 Å². The van der Waals surface area contributed by atoms with E-state index in [-0.39, 0.29) is 0 Å². The van der Waals surface area contributed by atoms with E-state index < -0.39 is 0 Å². The average molecular weight is 199 g/mol.